The van der Waals surface area contributed by atoms with Crippen LogP contribution < -0.4 is 0 Å². The number of hydrogen-bond acceptors (Lipinski definition) is 7. The van der Waals surface area contributed by atoms with Crippen molar-refractivity contribution in [1.29, 1.82) is 0 Å². The van der Waals surface area contributed by atoms with E-state index in [0.29, 0.717) is 38.6 Å². The molecule has 12 heteroatoms. The molecule has 1 amide bonds. The summed E-state index contributed by atoms with van der Waals surface area (Å²) in [5.74, 6) is 0.382. The highest BCUT2D eigenvalue weighted by atomic mass is 19.4. The van der Waals surface area contributed by atoms with Gasteiger partial charge >= 0.3 is 6.18 Å². The molecule has 1 fully saturated rings. The summed E-state index contributed by atoms with van der Waals surface area (Å²) in [6.07, 6.45) is -1.57. The van der Waals surface area contributed by atoms with Crippen molar-refractivity contribution in [1.82, 2.24) is 34.7 Å². The fourth-order valence-corrected chi connectivity index (χ4v) is 3.17. The zero-order valence-electron chi connectivity index (χ0n) is 15.8. The molecule has 0 radical (unpaired) electrons. The summed E-state index contributed by atoms with van der Waals surface area (Å²) in [5.41, 5.74) is -0.526. The van der Waals surface area contributed by atoms with Crippen LogP contribution in [0.3, 0.4) is 0 Å². The topological polar surface area (TPSA) is 93.2 Å². The molecule has 158 valence electrons. The third-order valence-electron chi connectivity index (χ3n) is 4.76. The quantitative estimate of drug-likeness (QED) is 0.619. The number of piperazine rings is 1. The van der Waals surface area contributed by atoms with Crippen LogP contribution in [0.25, 0.3) is 11.4 Å². The molecule has 1 aliphatic rings. The van der Waals surface area contributed by atoms with Crippen LogP contribution in [0, 0.1) is 0 Å². The Bertz CT molecular complexity index is 995. The molecule has 2 aromatic heterocycles. The summed E-state index contributed by atoms with van der Waals surface area (Å²) in [4.78, 5) is 24.1. The minimum atomic E-state index is -4.44. The molecule has 0 N–H and O–H groups in total. The van der Waals surface area contributed by atoms with Crippen molar-refractivity contribution >= 4 is 5.91 Å². The van der Waals surface area contributed by atoms with Gasteiger partial charge in [-0.2, -0.15) is 23.3 Å². The fourth-order valence-electron chi connectivity index (χ4n) is 3.17. The molecule has 0 bridgehead atoms. The van der Waals surface area contributed by atoms with Crippen molar-refractivity contribution in [2.45, 2.75) is 19.3 Å². The lowest BCUT2D eigenvalue weighted by Gasteiger charge is -2.33. The van der Waals surface area contributed by atoms with Gasteiger partial charge in [0.25, 0.3) is 0 Å². The van der Waals surface area contributed by atoms with Gasteiger partial charge in [-0.15, -0.1) is 0 Å². The number of hydrogen-bond donors (Lipinski definition) is 0. The second kappa shape index (κ2) is 8.22. The molecule has 0 aliphatic carbocycles. The summed E-state index contributed by atoms with van der Waals surface area (Å²) in [6, 6.07) is 4.80. The number of alkyl halides is 3. The molecule has 0 spiro atoms. The first kappa shape index (κ1) is 20.0. The normalized spacial score (nSPS) is 15.5. The van der Waals surface area contributed by atoms with Crippen LogP contribution in [0.2, 0.25) is 0 Å². The maximum Gasteiger partial charge on any atom is 0.416 e. The lowest BCUT2D eigenvalue weighted by atomic mass is 10.1. The molecular formula is C18H18F3N7O2. The first-order valence-electron chi connectivity index (χ1n) is 9.21. The van der Waals surface area contributed by atoms with E-state index in [-0.39, 0.29) is 23.8 Å². The van der Waals surface area contributed by atoms with Gasteiger partial charge in [-0.25, -0.2) is 9.67 Å². The average molecular weight is 421 g/mol. The summed E-state index contributed by atoms with van der Waals surface area (Å²) < 4.78 is 45.3. The van der Waals surface area contributed by atoms with Gasteiger partial charge in [0.1, 0.15) is 19.2 Å². The Labute approximate surface area is 169 Å². The molecule has 3 heterocycles. The second-order valence-corrected chi connectivity index (χ2v) is 6.84. The molecule has 1 saturated heterocycles. The minimum absolute atomic E-state index is 0.0372. The third kappa shape index (κ3) is 4.64. The summed E-state index contributed by atoms with van der Waals surface area (Å²) >= 11 is 0. The van der Waals surface area contributed by atoms with Crippen molar-refractivity contribution in [2.24, 2.45) is 0 Å². The molecule has 1 aromatic carbocycles. The highest BCUT2D eigenvalue weighted by Crippen LogP contribution is 2.31. The van der Waals surface area contributed by atoms with Gasteiger partial charge in [0, 0.05) is 31.7 Å². The van der Waals surface area contributed by atoms with E-state index in [0.717, 1.165) is 12.1 Å². The summed E-state index contributed by atoms with van der Waals surface area (Å²) in [6.45, 7) is 2.82. The Hall–Kier alpha value is -3.28. The van der Waals surface area contributed by atoms with Crippen LogP contribution in [-0.2, 0) is 24.1 Å². The SMILES string of the molecule is O=C(Cn1cncn1)N1CCN(Cc2nc(-c3cccc(C(F)(F)F)c3)no2)CC1. The van der Waals surface area contributed by atoms with Gasteiger partial charge in [0.05, 0.1) is 12.1 Å². The number of nitrogens with zero attached hydrogens (tertiary/aromatic N) is 7. The van der Waals surface area contributed by atoms with Crippen LogP contribution in [0.4, 0.5) is 13.2 Å². The van der Waals surface area contributed by atoms with Crippen molar-refractivity contribution in [3.63, 3.8) is 0 Å². The summed E-state index contributed by atoms with van der Waals surface area (Å²) in [7, 11) is 0. The molecule has 4 rings (SSSR count). The van der Waals surface area contributed by atoms with E-state index < -0.39 is 11.7 Å². The number of amides is 1. The minimum Gasteiger partial charge on any atom is -0.339 e. The van der Waals surface area contributed by atoms with E-state index in [1.54, 1.807) is 4.90 Å². The van der Waals surface area contributed by atoms with Crippen LogP contribution in [0.1, 0.15) is 11.5 Å². The Kier molecular flexibility index (Phi) is 5.48. The van der Waals surface area contributed by atoms with Gasteiger partial charge in [0.2, 0.25) is 17.6 Å². The van der Waals surface area contributed by atoms with E-state index in [4.69, 9.17) is 4.52 Å². The smallest absolute Gasteiger partial charge is 0.339 e. The number of benzene rings is 1. The Morgan fingerprint density at radius 2 is 1.97 bits per heavy atom. The molecule has 0 saturated carbocycles. The van der Waals surface area contributed by atoms with Crippen molar-refractivity contribution in [3.8, 4) is 11.4 Å². The van der Waals surface area contributed by atoms with Gasteiger partial charge in [-0.3, -0.25) is 9.69 Å². The molecule has 30 heavy (non-hydrogen) atoms. The monoisotopic (exact) mass is 421 g/mol. The van der Waals surface area contributed by atoms with Crippen molar-refractivity contribution < 1.29 is 22.5 Å². The Balaban J connectivity index is 1.32. The largest absolute Gasteiger partial charge is 0.416 e. The fraction of sp³-hybridized carbons (Fsp3) is 0.389. The van der Waals surface area contributed by atoms with Crippen LogP contribution in [0.15, 0.2) is 41.4 Å². The number of rotatable bonds is 5. The average Bonchev–Trinajstić information content (AvgIpc) is 3.40. The first-order valence-corrected chi connectivity index (χ1v) is 9.21. The van der Waals surface area contributed by atoms with E-state index in [1.165, 1.54) is 29.5 Å². The van der Waals surface area contributed by atoms with Gasteiger partial charge in [-0.1, -0.05) is 17.3 Å². The highest BCUT2D eigenvalue weighted by Gasteiger charge is 2.31. The molecule has 9 nitrogen and oxygen atoms in total. The number of aromatic nitrogens is 5. The number of carbonyl (C=O) groups is 1. The molecule has 0 atom stereocenters. The Morgan fingerprint density at radius 3 is 2.67 bits per heavy atom. The van der Waals surface area contributed by atoms with Crippen LogP contribution in [-0.4, -0.2) is 66.8 Å². The van der Waals surface area contributed by atoms with Crippen LogP contribution >= 0.6 is 0 Å². The lowest BCUT2D eigenvalue weighted by molar-refractivity contribution is -0.137. The zero-order valence-corrected chi connectivity index (χ0v) is 15.8. The van der Waals surface area contributed by atoms with E-state index in [1.807, 2.05) is 4.90 Å². The zero-order chi connectivity index (χ0) is 21.1. The van der Waals surface area contributed by atoms with Gasteiger partial charge in [0.15, 0.2) is 0 Å². The molecular weight excluding hydrogens is 403 g/mol. The number of halogens is 3. The van der Waals surface area contributed by atoms with Gasteiger partial charge < -0.3 is 9.42 Å². The van der Waals surface area contributed by atoms with E-state index in [2.05, 4.69) is 20.2 Å². The van der Waals surface area contributed by atoms with Crippen molar-refractivity contribution in [2.75, 3.05) is 26.2 Å². The van der Waals surface area contributed by atoms with E-state index >= 15 is 0 Å². The maximum atomic E-state index is 12.9. The predicted molar refractivity (Wildman–Crippen MR) is 96.6 cm³/mol. The molecule has 0 unspecified atom stereocenters. The molecule has 1 aliphatic heterocycles. The Morgan fingerprint density at radius 1 is 1.17 bits per heavy atom. The highest BCUT2D eigenvalue weighted by molar-refractivity contribution is 5.76. The number of carbonyl (C=O) groups excluding carboxylic acids is 1. The second-order valence-electron chi connectivity index (χ2n) is 6.84. The van der Waals surface area contributed by atoms with Gasteiger partial charge in [-0.05, 0) is 12.1 Å². The third-order valence-corrected chi connectivity index (χ3v) is 4.76. The van der Waals surface area contributed by atoms with Crippen molar-refractivity contribution in [3.05, 3.63) is 48.4 Å². The lowest BCUT2D eigenvalue weighted by Crippen LogP contribution is -2.49. The first-order chi connectivity index (χ1) is 14.4. The summed E-state index contributed by atoms with van der Waals surface area (Å²) in [5, 5.41) is 7.73. The standard InChI is InChI=1S/C18H18F3N7O2/c19-18(20,21)14-3-1-2-13(8-14)17-24-15(30-25-17)9-26-4-6-27(7-5-26)16(29)10-28-12-22-11-23-28/h1-3,8,11-12H,4-7,9-10H2. The van der Waals surface area contributed by atoms with E-state index in [9.17, 15) is 18.0 Å². The molecule has 3 aromatic rings. The van der Waals surface area contributed by atoms with Crippen LogP contribution in [0.5, 0.6) is 0 Å². The maximum absolute atomic E-state index is 12.9. The predicted octanol–water partition coefficient (Wildman–Crippen LogP) is 1.69.